The van der Waals surface area contributed by atoms with Gasteiger partial charge in [-0.3, -0.25) is 14.5 Å². The van der Waals surface area contributed by atoms with Gasteiger partial charge in [-0.15, -0.1) is 22.4 Å². The number of rotatable bonds is 5. The van der Waals surface area contributed by atoms with Crippen molar-refractivity contribution in [3.05, 3.63) is 0 Å². The van der Waals surface area contributed by atoms with Gasteiger partial charge < -0.3 is 10.4 Å². The van der Waals surface area contributed by atoms with E-state index in [9.17, 15) is 9.59 Å². The number of carbonyl (C=O) groups is 2. The zero-order chi connectivity index (χ0) is 13.3. The maximum atomic E-state index is 11.1. The van der Waals surface area contributed by atoms with Gasteiger partial charge in [0.25, 0.3) is 0 Å². The van der Waals surface area contributed by atoms with Gasteiger partial charge in [-0.1, -0.05) is 6.82 Å². The number of hydrogen-bond donors (Lipinski definition) is 2. The Hall–Kier alpha value is 0.285. The largest absolute Gasteiger partial charge is 0.395 e. The van der Waals surface area contributed by atoms with E-state index in [1.165, 1.54) is 4.90 Å². The number of likely N-dealkylation sites (tertiary alicyclic amines) is 1. The van der Waals surface area contributed by atoms with Crippen molar-refractivity contribution < 1.29 is 14.7 Å². The standard InChI is InChI=1S/C8H14N2O3.CH5BIP/c11-6-4-9-3-5-10-7(12)1-2-8(10)13;1-2(3)4/h9,11H,1-6H2;4H2,1H3. The fourth-order valence-corrected chi connectivity index (χ4v) is 1.27. The smallest absolute Gasteiger partial charge is 0.236 e. The van der Waals surface area contributed by atoms with Crippen LogP contribution in [0.25, 0.3) is 0 Å². The average molecular weight is 372 g/mol. The van der Waals surface area contributed by atoms with E-state index in [1.807, 2.05) is 0 Å². The van der Waals surface area contributed by atoms with Crippen molar-refractivity contribution in [1.82, 2.24) is 10.2 Å². The van der Waals surface area contributed by atoms with E-state index < -0.39 is 0 Å². The molecular weight excluding hydrogens is 353 g/mol. The highest BCUT2D eigenvalue weighted by molar-refractivity contribution is 14.1. The van der Waals surface area contributed by atoms with E-state index in [0.717, 1.165) is 4.29 Å². The Morgan fingerprint density at radius 1 is 1.41 bits per heavy atom. The SMILES string of the molecule is CB(P)I.O=C1CCC(=O)N1CCNCCO. The molecule has 1 fully saturated rings. The van der Waals surface area contributed by atoms with Gasteiger partial charge in [0.1, 0.15) is 0 Å². The van der Waals surface area contributed by atoms with Crippen molar-refractivity contribution in [2.75, 3.05) is 26.2 Å². The van der Waals surface area contributed by atoms with Crippen LogP contribution in [0.4, 0.5) is 0 Å². The lowest BCUT2D eigenvalue weighted by Crippen LogP contribution is -2.36. The van der Waals surface area contributed by atoms with Crippen LogP contribution in [0.1, 0.15) is 12.8 Å². The number of imide groups is 1. The minimum Gasteiger partial charge on any atom is -0.395 e. The number of nitrogens with zero attached hydrogens (tertiary/aromatic N) is 1. The molecule has 1 aliphatic rings. The van der Waals surface area contributed by atoms with Crippen molar-refractivity contribution in [1.29, 1.82) is 0 Å². The monoisotopic (exact) mass is 372 g/mol. The maximum Gasteiger partial charge on any atom is 0.236 e. The molecule has 0 spiro atoms. The van der Waals surface area contributed by atoms with Crippen LogP contribution in [0, 0.1) is 0 Å². The molecule has 0 aromatic carbocycles. The molecule has 1 saturated heterocycles. The Morgan fingerprint density at radius 3 is 2.29 bits per heavy atom. The quantitative estimate of drug-likeness (QED) is 0.237. The Bertz CT molecular complexity index is 238. The summed E-state index contributed by atoms with van der Waals surface area (Å²) in [6, 6.07) is 0. The molecule has 1 rings (SSSR count). The Labute approximate surface area is 118 Å². The van der Waals surface area contributed by atoms with Crippen molar-refractivity contribution in [3.63, 3.8) is 0 Å². The van der Waals surface area contributed by atoms with Gasteiger partial charge in [-0.2, -0.15) is 9.12 Å². The Balaban J connectivity index is 0.000000557. The lowest BCUT2D eigenvalue weighted by atomic mass is 10.2. The van der Waals surface area contributed by atoms with Crippen LogP contribution in [-0.2, 0) is 9.59 Å². The van der Waals surface area contributed by atoms with Crippen molar-refractivity contribution in [3.8, 4) is 0 Å². The van der Waals surface area contributed by atoms with E-state index in [1.54, 1.807) is 0 Å². The number of aliphatic hydroxyl groups is 1. The molecule has 2 N–H and O–H groups in total. The first-order valence-electron chi connectivity index (χ1n) is 5.53. The van der Waals surface area contributed by atoms with Gasteiger partial charge in [0.15, 0.2) is 0 Å². The number of nitrogens with one attached hydrogen (secondary N) is 1. The second kappa shape index (κ2) is 10.2. The summed E-state index contributed by atoms with van der Waals surface area (Å²) in [5.74, 6) is -0.174. The fraction of sp³-hybridized carbons (Fsp3) is 0.778. The van der Waals surface area contributed by atoms with Crippen LogP contribution >= 0.6 is 31.5 Å². The number of hydrogen-bond acceptors (Lipinski definition) is 4. The second-order valence-corrected chi connectivity index (χ2v) is 7.91. The molecular formula is C9H19BIN2O3P. The summed E-state index contributed by atoms with van der Waals surface area (Å²) >= 11 is 2.31. The second-order valence-electron chi connectivity index (χ2n) is 3.59. The third kappa shape index (κ3) is 8.94. The minimum atomic E-state index is -0.0872. The van der Waals surface area contributed by atoms with E-state index in [2.05, 4.69) is 43.6 Å². The van der Waals surface area contributed by atoms with Gasteiger partial charge in [-0.25, -0.2) is 0 Å². The predicted molar refractivity (Wildman–Crippen MR) is 81.3 cm³/mol. The molecule has 0 radical (unpaired) electrons. The Morgan fingerprint density at radius 2 is 1.88 bits per heavy atom. The first-order chi connectivity index (χ1) is 7.99. The lowest BCUT2D eigenvalue weighted by Gasteiger charge is -2.13. The van der Waals surface area contributed by atoms with Crippen LogP contribution in [0.15, 0.2) is 0 Å². The van der Waals surface area contributed by atoms with Crippen LogP contribution in [0.5, 0.6) is 0 Å². The third-order valence-corrected chi connectivity index (χ3v) is 1.96. The number of amides is 2. The summed E-state index contributed by atoms with van der Waals surface area (Å²) in [7, 11) is 2.64. The highest BCUT2D eigenvalue weighted by atomic mass is 127. The molecule has 0 saturated carbocycles. The predicted octanol–water partition coefficient (Wildman–Crippen LogP) is 0.132. The molecule has 8 heteroatoms. The molecule has 2 amide bonds. The van der Waals surface area contributed by atoms with Gasteiger partial charge in [-0.05, 0) is 0 Å². The van der Waals surface area contributed by atoms with Crippen molar-refractivity contribution in [2.45, 2.75) is 19.7 Å². The number of halogens is 1. The van der Waals surface area contributed by atoms with E-state index in [-0.39, 0.29) is 18.4 Å². The summed E-state index contributed by atoms with van der Waals surface area (Å²) in [5, 5.41) is 11.4. The first kappa shape index (κ1) is 17.3. The summed E-state index contributed by atoms with van der Waals surface area (Å²) in [6.07, 6.45) is 0.692. The van der Waals surface area contributed by atoms with Crippen LogP contribution in [-0.4, -0.2) is 52.4 Å². The fourth-order valence-electron chi connectivity index (χ4n) is 1.27. The van der Waals surface area contributed by atoms with E-state index >= 15 is 0 Å². The summed E-state index contributed by atoms with van der Waals surface area (Å²) in [4.78, 5) is 23.4. The third-order valence-electron chi connectivity index (χ3n) is 1.96. The van der Waals surface area contributed by atoms with E-state index in [4.69, 9.17) is 5.11 Å². The highest BCUT2D eigenvalue weighted by Crippen LogP contribution is 2.10. The molecule has 1 heterocycles. The average Bonchev–Trinajstić information content (AvgIpc) is 2.54. The van der Waals surface area contributed by atoms with Gasteiger partial charge in [0.2, 0.25) is 16.1 Å². The topological polar surface area (TPSA) is 69.6 Å². The van der Waals surface area contributed by atoms with Crippen LogP contribution < -0.4 is 5.32 Å². The van der Waals surface area contributed by atoms with Crippen molar-refractivity contribution in [2.24, 2.45) is 0 Å². The first-order valence-corrected chi connectivity index (χ1v) is 7.44. The molecule has 5 nitrogen and oxygen atoms in total. The summed E-state index contributed by atoms with van der Waals surface area (Å²) < 4.78 is 0.720. The number of carbonyl (C=O) groups excluding carboxylic acids is 2. The Kier molecular flexibility index (Phi) is 10.4. The van der Waals surface area contributed by atoms with Gasteiger partial charge in [0.05, 0.1) is 6.61 Å². The molecule has 17 heavy (non-hydrogen) atoms. The molecule has 1 unspecified atom stereocenters. The zero-order valence-electron chi connectivity index (χ0n) is 9.99. The molecule has 0 aliphatic carbocycles. The van der Waals surface area contributed by atoms with Gasteiger partial charge >= 0.3 is 0 Å². The molecule has 0 bridgehead atoms. The van der Waals surface area contributed by atoms with Crippen LogP contribution in [0.2, 0.25) is 6.82 Å². The summed E-state index contributed by atoms with van der Waals surface area (Å²) in [5.41, 5.74) is 0. The molecule has 0 aromatic rings. The normalized spacial score (nSPS) is 14.7. The molecule has 0 aromatic heterocycles. The van der Waals surface area contributed by atoms with E-state index in [0.29, 0.717) is 32.5 Å². The van der Waals surface area contributed by atoms with Gasteiger partial charge in [0, 0.05) is 32.5 Å². The maximum absolute atomic E-state index is 11.1. The molecule has 1 atom stereocenters. The minimum absolute atomic E-state index is 0.0713. The number of aliphatic hydroxyl groups excluding tert-OH is 1. The summed E-state index contributed by atoms with van der Waals surface area (Å²) in [6.45, 7) is 3.65. The lowest BCUT2D eigenvalue weighted by molar-refractivity contribution is -0.138. The molecule has 1 aliphatic heterocycles. The zero-order valence-corrected chi connectivity index (χ0v) is 13.3. The molecule has 98 valence electrons. The van der Waals surface area contributed by atoms with Crippen molar-refractivity contribution >= 4 is 47.6 Å². The van der Waals surface area contributed by atoms with Crippen LogP contribution in [0.3, 0.4) is 0 Å². The highest BCUT2D eigenvalue weighted by Gasteiger charge is 2.27.